The molecule has 0 saturated carbocycles. The van der Waals surface area contributed by atoms with Crippen LogP contribution in [0.4, 0.5) is 0 Å². The van der Waals surface area contributed by atoms with Crippen LogP contribution in [0.15, 0.2) is 121 Å². The number of unbranched alkanes of at least 4 members (excludes halogenated alkanes) is 5. The number of benzene rings is 4. The molecule has 170 valence electrons. The molecule has 4 aromatic rings. The predicted octanol–water partition coefficient (Wildman–Crippen LogP) is 4.71. The summed E-state index contributed by atoms with van der Waals surface area (Å²) in [4.78, 5) is 0. The fourth-order valence-electron chi connectivity index (χ4n) is 4.41. The highest BCUT2D eigenvalue weighted by Crippen LogP contribution is 2.04. The van der Waals surface area contributed by atoms with Crippen molar-refractivity contribution in [2.75, 3.05) is 0 Å². The minimum atomic E-state index is -0.796. The molecular formula is C32H34Si2. The molecule has 0 aliphatic rings. The van der Waals surface area contributed by atoms with Gasteiger partial charge in [-0.1, -0.05) is 158 Å². The highest BCUT2D eigenvalue weighted by molar-refractivity contribution is 6.89. The van der Waals surface area contributed by atoms with Crippen LogP contribution in [0, 0.1) is 0 Å². The minimum absolute atomic E-state index is 0.796. The van der Waals surface area contributed by atoms with E-state index in [-0.39, 0.29) is 0 Å². The Bertz CT molecular complexity index is 985. The Hall–Kier alpha value is -2.95. The fourth-order valence-corrected chi connectivity index (χ4v) is 9.21. The quantitative estimate of drug-likeness (QED) is 0.218. The van der Waals surface area contributed by atoms with Gasteiger partial charge in [-0.05, 0) is 33.6 Å². The van der Waals surface area contributed by atoms with Crippen molar-refractivity contribution in [1.29, 1.82) is 0 Å². The largest absolute Gasteiger partial charge is 0.0953 e. The highest BCUT2D eigenvalue weighted by Gasteiger charge is 2.06. The third-order valence-electron chi connectivity index (χ3n) is 6.19. The molecule has 0 aliphatic carbocycles. The third kappa shape index (κ3) is 7.28. The second-order valence-corrected chi connectivity index (χ2v) is 13.5. The molecule has 34 heavy (non-hydrogen) atoms. The first-order valence-corrected chi connectivity index (χ1v) is 15.7. The summed E-state index contributed by atoms with van der Waals surface area (Å²) in [6.07, 6.45) is 7.66. The lowest BCUT2D eigenvalue weighted by atomic mass is 10.1. The Morgan fingerprint density at radius 3 is 0.882 bits per heavy atom. The fraction of sp³-hybridized carbons (Fsp3) is 0.188. The maximum absolute atomic E-state index is 2.62. The summed E-state index contributed by atoms with van der Waals surface area (Å²) in [6, 6.07) is 44.3. The topological polar surface area (TPSA) is 0 Å². The van der Waals surface area contributed by atoms with Crippen molar-refractivity contribution in [2.45, 2.75) is 38.5 Å². The summed E-state index contributed by atoms with van der Waals surface area (Å²) in [7, 11) is -1.59. The zero-order valence-corrected chi connectivity index (χ0v) is 21.9. The van der Waals surface area contributed by atoms with Crippen LogP contribution in [-0.2, 0) is 0 Å². The van der Waals surface area contributed by atoms with E-state index in [9.17, 15) is 0 Å². The molecule has 0 nitrogen and oxygen atoms in total. The van der Waals surface area contributed by atoms with E-state index in [1.165, 1.54) is 59.3 Å². The molecule has 0 bridgehead atoms. The summed E-state index contributed by atoms with van der Waals surface area (Å²) in [5.74, 6) is 0. The normalized spacial score (nSPS) is 10.5. The van der Waals surface area contributed by atoms with Gasteiger partial charge in [0, 0.05) is 0 Å². The molecule has 0 N–H and O–H groups in total. The van der Waals surface area contributed by atoms with E-state index in [2.05, 4.69) is 133 Å². The van der Waals surface area contributed by atoms with Crippen molar-refractivity contribution in [3.05, 3.63) is 121 Å². The maximum atomic E-state index is 2.62. The van der Waals surface area contributed by atoms with Crippen LogP contribution in [0.1, 0.15) is 38.5 Å². The summed E-state index contributed by atoms with van der Waals surface area (Å²) in [5, 5.41) is 5.96. The van der Waals surface area contributed by atoms with Gasteiger partial charge in [0.15, 0.2) is 0 Å². The lowest BCUT2D eigenvalue weighted by molar-refractivity contribution is 0.673. The second kappa shape index (κ2) is 13.7. The van der Waals surface area contributed by atoms with Gasteiger partial charge in [-0.3, -0.25) is 0 Å². The molecule has 0 unspecified atom stereocenters. The smallest absolute Gasteiger partial charge is 0.0760 e. The predicted molar refractivity (Wildman–Crippen MR) is 156 cm³/mol. The van der Waals surface area contributed by atoms with Crippen molar-refractivity contribution in [3.8, 4) is 0 Å². The van der Waals surface area contributed by atoms with E-state index >= 15 is 0 Å². The Morgan fingerprint density at radius 2 is 0.618 bits per heavy atom. The van der Waals surface area contributed by atoms with Crippen molar-refractivity contribution in [3.63, 3.8) is 0 Å². The average molecular weight is 475 g/mol. The van der Waals surface area contributed by atoms with Gasteiger partial charge in [0.25, 0.3) is 0 Å². The van der Waals surface area contributed by atoms with E-state index in [0.29, 0.717) is 0 Å². The van der Waals surface area contributed by atoms with E-state index in [0.717, 1.165) is 0 Å². The summed E-state index contributed by atoms with van der Waals surface area (Å²) < 4.78 is 0. The average Bonchev–Trinajstić information content (AvgIpc) is 2.92. The van der Waals surface area contributed by atoms with Gasteiger partial charge in [-0.25, -0.2) is 0 Å². The van der Waals surface area contributed by atoms with Gasteiger partial charge in [-0.15, -0.1) is 0 Å². The molecule has 0 fully saturated rings. The molecule has 4 rings (SSSR count). The molecule has 0 aromatic heterocycles. The SMILES string of the molecule is C(CCCCCCC=[Si](c1ccccc1)c1ccccc1)=[Si](c1ccccc1)c1ccccc1. The van der Waals surface area contributed by atoms with Crippen LogP contribution < -0.4 is 20.7 Å². The first-order chi connectivity index (χ1) is 16.9. The standard InChI is InChI=1S/C32H34Si2/c1(3-17-27-33(29-19-9-5-10-20-29)30-21-11-6-12-22-30)2-4-18-28-34(31-23-13-7-14-24-31)32-25-15-8-16-26-32/h5-16,19-28H,1-4,17-18H2. The molecular weight excluding hydrogens is 441 g/mol. The molecule has 0 amide bonds. The highest BCUT2D eigenvalue weighted by atomic mass is 28.2. The van der Waals surface area contributed by atoms with Gasteiger partial charge in [0.05, 0.1) is 16.8 Å². The summed E-state index contributed by atoms with van der Waals surface area (Å²) >= 11 is 0. The summed E-state index contributed by atoms with van der Waals surface area (Å²) in [5.41, 5.74) is 5.24. The van der Waals surface area contributed by atoms with Crippen molar-refractivity contribution in [2.24, 2.45) is 0 Å². The van der Waals surface area contributed by atoms with Crippen molar-refractivity contribution < 1.29 is 0 Å². The van der Waals surface area contributed by atoms with E-state index < -0.39 is 16.8 Å². The van der Waals surface area contributed by atoms with Crippen LogP contribution >= 0.6 is 0 Å². The first kappa shape index (κ1) is 24.2. The Morgan fingerprint density at radius 1 is 0.353 bits per heavy atom. The lowest BCUT2D eigenvalue weighted by Gasteiger charge is -2.08. The van der Waals surface area contributed by atoms with Crippen LogP contribution in [0.3, 0.4) is 0 Å². The maximum Gasteiger partial charge on any atom is 0.0760 e. The zero-order valence-electron chi connectivity index (χ0n) is 19.9. The summed E-state index contributed by atoms with van der Waals surface area (Å²) in [6.45, 7) is 0. The molecule has 0 aliphatic heterocycles. The minimum Gasteiger partial charge on any atom is -0.0953 e. The van der Waals surface area contributed by atoms with Crippen LogP contribution in [-0.4, -0.2) is 28.2 Å². The number of rotatable bonds is 11. The van der Waals surface area contributed by atoms with Gasteiger partial charge in [0.2, 0.25) is 0 Å². The van der Waals surface area contributed by atoms with Gasteiger partial charge in [-0.2, -0.15) is 0 Å². The first-order valence-electron chi connectivity index (χ1n) is 12.5. The Kier molecular flexibility index (Phi) is 9.74. The second-order valence-electron chi connectivity index (χ2n) is 8.69. The number of hydrogen-bond acceptors (Lipinski definition) is 0. The third-order valence-corrected chi connectivity index (χ3v) is 11.4. The monoisotopic (exact) mass is 474 g/mol. The molecule has 4 aromatic carbocycles. The van der Waals surface area contributed by atoms with Crippen LogP contribution in [0.25, 0.3) is 0 Å². The van der Waals surface area contributed by atoms with E-state index in [1.807, 2.05) is 0 Å². The molecule has 0 atom stereocenters. The van der Waals surface area contributed by atoms with E-state index in [4.69, 9.17) is 0 Å². The lowest BCUT2D eigenvalue weighted by Crippen LogP contribution is -2.36. The van der Waals surface area contributed by atoms with Crippen LogP contribution in [0.5, 0.6) is 0 Å². The molecule has 0 radical (unpaired) electrons. The van der Waals surface area contributed by atoms with E-state index in [1.54, 1.807) is 0 Å². The van der Waals surface area contributed by atoms with Gasteiger partial charge < -0.3 is 0 Å². The van der Waals surface area contributed by atoms with Crippen molar-refractivity contribution >= 4 is 48.9 Å². The van der Waals surface area contributed by atoms with Gasteiger partial charge >= 0.3 is 0 Å². The Labute approximate surface area is 208 Å². The number of hydrogen-bond donors (Lipinski definition) is 0. The molecule has 0 saturated heterocycles. The molecule has 0 spiro atoms. The van der Waals surface area contributed by atoms with Crippen LogP contribution in [0.2, 0.25) is 0 Å². The zero-order chi connectivity index (χ0) is 23.3. The Balaban J connectivity index is 1.30. The van der Waals surface area contributed by atoms with Crippen molar-refractivity contribution in [1.82, 2.24) is 0 Å². The molecule has 2 heteroatoms. The van der Waals surface area contributed by atoms with Gasteiger partial charge in [0.1, 0.15) is 0 Å². The molecule has 0 heterocycles.